The molecule has 0 saturated heterocycles. The van der Waals surface area contributed by atoms with Gasteiger partial charge in [0.25, 0.3) is 0 Å². The van der Waals surface area contributed by atoms with Crippen molar-refractivity contribution in [3.05, 3.63) is 12.3 Å². The fourth-order valence-corrected chi connectivity index (χ4v) is 1.61. The molecule has 0 bridgehead atoms. The first kappa shape index (κ1) is 12.7. The van der Waals surface area contributed by atoms with Crippen LogP contribution < -0.4 is 10.6 Å². The number of hydrogen-bond acceptors (Lipinski definition) is 4. The summed E-state index contributed by atoms with van der Waals surface area (Å²) < 4.78 is 0. The SMILES string of the molecule is CCNc1nccc(NC(CC)C(C)C)n1. The first-order chi connectivity index (χ1) is 7.67. The summed E-state index contributed by atoms with van der Waals surface area (Å²) in [6, 6.07) is 2.37. The van der Waals surface area contributed by atoms with Crippen LogP contribution in [0.25, 0.3) is 0 Å². The van der Waals surface area contributed by atoms with Gasteiger partial charge in [0.05, 0.1) is 0 Å². The molecular formula is C12H22N4. The third-order valence-corrected chi connectivity index (χ3v) is 2.57. The maximum atomic E-state index is 4.40. The quantitative estimate of drug-likeness (QED) is 0.777. The monoisotopic (exact) mass is 222 g/mol. The van der Waals surface area contributed by atoms with E-state index in [1.54, 1.807) is 6.20 Å². The molecule has 0 aliphatic rings. The molecule has 4 nitrogen and oxygen atoms in total. The Balaban J connectivity index is 2.68. The molecule has 0 amide bonds. The van der Waals surface area contributed by atoms with Crippen LogP contribution in [-0.4, -0.2) is 22.6 Å². The minimum atomic E-state index is 0.462. The van der Waals surface area contributed by atoms with E-state index in [-0.39, 0.29) is 0 Å². The average molecular weight is 222 g/mol. The molecule has 0 aliphatic heterocycles. The van der Waals surface area contributed by atoms with Crippen LogP contribution in [0.2, 0.25) is 0 Å². The summed E-state index contributed by atoms with van der Waals surface area (Å²) in [4.78, 5) is 8.54. The number of anilines is 2. The largest absolute Gasteiger partial charge is 0.367 e. The van der Waals surface area contributed by atoms with Gasteiger partial charge in [0.15, 0.2) is 0 Å². The number of hydrogen-bond donors (Lipinski definition) is 2. The van der Waals surface area contributed by atoms with Crippen molar-refractivity contribution in [2.75, 3.05) is 17.2 Å². The van der Waals surface area contributed by atoms with Crippen LogP contribution in [0.15, 0.2) is 12.3 Å². The van der Waals surface area contributed by atoms with Gasteiger partial charge in [-0.25, -0.2) is 4.98 Å². The van der Waals surface area contributed by atoms with Crippen LogP contribution in [0.5, 0.6) is 0 Å². The Labute approximate surface area is 97.9 Å². The highest BCUT2D eigenvalue weighted by atomic mass is 15.1. The van der Waals surface area contributed by atoms with E-state index >= 15 is 0 Å². The van der Waals surface area contributed by atoms with Gasteiger partial charge in [-0.3, -0.25) is 0 Å². The lowest BCUT2D eigenvalue weighted by Gasteiger charge is -2.21. The Kier molecular flexibility index (Phi) is 5.02. The van der Waals surface area contributed by atoms with E-state index in [4.69, 9.17) is 0 Å². The molecule has 90 valence electrons. The van der Waals surface area contributed by atoms with Crippen LogP contribution in [-0.2, 0) is 0 Å². The second-order valence-electron chi connectivity index (χ2n) is 4.20. The third-order valence-electron chi connectivity index (χ3n) is 2.57. The molecule has 1 heterocycles. The van der Waals surface area contributed by atoms with E-state index < -0.39 is 0 Å². The van der Waals surface area contributed by atoms with Crippen LogP contribution in [0.1, 0.15) is 34.1 Å². The molecule has 2 N–H and O–H groups in total. The number of aromatic nitrogens is 2. The molecule has 1 unspecified atom stereocenters. The Morgan fingerprint density at radius 1 is 1.31 bits per heavy atom. The van der Waals surface area contributed by atoms with Crippen molar-refractivity contribution in [2.45, 2.75) is 40.2 Å². The van der Waals surface area contributed by atoms with E-state index in [0.29, 0.717) is 17.9 Å². The van der Waals surface area contributed by atoms with Crippen molar-refractivity contribution in [3.63, 3.8) is 0 Å². The molecule has 0 radical (unpaired) electrons. The molecule has 0 spiro atoms. The minimum absolute atomic E-state index is 0.462. The summed E-state index contributed by atoms with van der Waals surface area (Å²) in [6.45, 7) is 9.49. The fraction of sp³-hybridized carbons (Fsp3) is 0.667. The fourth-order valence-electron chi connectivity index (χ4n) is 1.61. The number of nitrogens with one attached hydrogen (secondary N) is 2. The van der Waals surface area contributed by atoms with Gasteiger partial charge in [0.1, 0.15) is 5.82 Å². The van der Waals surface area contributed by atoms with E-state index in [1.807, 2.05) is 13.0 Å². The molecule has 1 atom stereocenters. The van der Waals surface area contributed by atoms with Crippen molar-refractivity contribution >= 4 is 11.8 Å². The molecule has 0 saturated carbocycles. The third kappa shape index (κ3) is 3.68. The first-order valence-electron chi connectivity index (χ1n) is 6.00. The number of nitrogens with zero attached hydrogens (tertiary/aromatic N) is 2. The van der Waals surface area contributed by atoms with Gasteiger partial charge in [-0.2, -0.15) is 4.98 Å². The van der Waals surface area contributed by atoms with E-state index in [2.05, 4.69) is 41.4 Å². The zero-order valence-corrected chi connectivity index (χ0v) is 10.6. The molecule has 1 rings (SSSR count). The van der Waals surface area contributed by atoms with Crippen molar-refractivity contribution in [3.8, 4) is 0 Å². The number of rotatable bonds is 6. The molecular weight excluding hydrogens is 200 g/mol. The predicted molar refractivity (Wildman–Crippen MR) is 68.7 cm³/mol. The summed E-state index contributed by atoms with van der Waals surface area (Å²) in [6.07, 6.45) is 2.87. The average Bonchev–Trinajstić information content (AvgIpc) is 2.26. The Bertz CT molecular complexity index is 312. The topological polar surface area (TPSA) is 49.8 Å². The van der Waals surface area contributed by atoms with Crippen molar-refractivity contribution in [1.82, 2.24) is 9.97 Å². The van der Waals surface area contributed by atoms with Crippen molar-refractivity contribution < 1.29 is 0 Å². The molecule has 1 aromatic rings. The van der Waals surface area contributed by atoms with Crippen LogP contribution in [0, 0.1) is 5.92 Å². The standard InChI is InChI=1S/C12H22N4/c1-5-10(9(3)4)15-11-7-8-14-12(16-11)13-6-2/h7-10H,5-6H2,1-4H3,(H2,13,14,15,16). The summed E-state index contributed by atoms with van der Waals surface area (Å²) >= 11 is 0. The second kappa shape index (κ2) is 6.30. The second-order valence-corrected chi connectivity index (χ2v) is 4.20. The van der Waals surface area contributed by atoms with Crippen LogP contribution in [0.3, 0.4) is 0 Å². The highest BCUT2D eigenvalue weighted by Crippen LogP contribution is 2.13. The molecule has 1 aromatic heterocycles. The first-order valence-corrected chi connectivity index (χ1v) is 6.00. The van der Waals surface area contributed by atoms with Crippen molar-refractivity contribution in [2.24, 2.45) is 5.92 Å². The highest BCUT2D eigenvalue weighted by molar-refractivity contribution is 5.40. The summed E-state index contributed by atoms with van der Waals surface area (Å²) in [7, 11) is 0. The van der Waals surface area contributed by atoms with Gasteiger partial charge in [0.2, 0.25) is 5.95 Å². The lowest BCUT2D eigenvalue weighted by molar-refractivity contribution is 0.510. The van der Waals surface area contributed by atoms with E-state index in [9.17, 15) is 0 Å². The zero-order valence-electron chi connectivity index (χ0n) is 10.6. The maximum Gasteiger partial charge on any atom is 0.224 e. The molecule has 4 heteroatoms. The van der Waals surface area contributed by atoms with Gasteiger partial charge < -0.3 is 10.6 Å². The van der Waals surface area contributed by atoms with Gasteiger partial charge >= 0.3 is 0 Å². The Hall–Kier alpha value is -1.32. The van der Waals surface area contributed by atoms with Gasteiger partial charge in [-0.05, 0) is 25.3 Å². The Morgan fingerprint density at radius 3 is 2.62 bits per heavy atom. The van der Waals surface area contributed by atoms with Gasteiger partial charge in [-0.15, -0.1) is 0 Å². The van der Waals surface area contributed by atoms with Gasteiger partial charge in [0, 0.05) is 18.8 Å². The maximum absolute atomic E-state index is 4.40. The highest BCUT2D eigenvalue weighted by Gasteiger charge is 2.11. The zero-order chi connectivity index (χ0) is 12.0. The summed E-state index contributed by atoms with van der Waals surface area (Å²) in [5.74, 6) is 2.18. The smallest absolute Gasteiger partial charge is 0.224 e. The predicted octanol–water partition coefficient (Wildman–Crippen LogP) is 2.75. The molecule has 0 aliphatic carbocycles. The molecule has 0 aromatic carbocycles. The van der Waals surface area contributed by atoms with Crippen molar-refractivity contribution in [1.29, 1.82) is 0 Å². The molecule has 0 fully saturated rings. The minimum Gasteiger partial charge on any atom is -0.367 e. The van der Waals surface area contributed by atoms with Crippen LogP contribution >= 0.6 is 0 Å². The summed E-state index contributed by atoms with van der Waals surface area (Å²) in [5, 5.41) is 6.54. The van der Waals surface area contributed by atoms with E-state index in [1.165, 1.54) is 0 Å². The van der Waals surface area contributed by atoms with Gasteiger partial charge in [-0.1, -0.05) is 20.8 Å². The molecule has 16 heavy (non-hydrogen) atoms. The lowest BCUT2D eigenvalue weighted by atomic mass is 10.0. The Morgan fingerprint density at radius 2 is 2.06 bits per heavy atom. The van der Waals surface area contributed by atoms with E-state index in [0.717, 1.165) is 18.8 Å². The lowest BCUT2D eigenvalue weighted by Crippen LogP contribution is -2.25. The van der Waals surface area contributed by atoms with Crippen LogP contribution in [0.4, 0.5) is 11.8 Å². The normalized spacial score (nSPS) is 12.6. The summed E-state index contributed by atoms with van der Waals surface area (Å²) in [5.41, 5.74) is 0.